The molecule has 1 unspecified atom stereocenters. The van der Waals surface area contributed by atoms with Gasteiger partial charge >= 0.3 is 196 Å². The summed E-state index contributed by atoms with van der Waals surface area (Å²) < 4.78 is 26.5. The maximum absolute atomic E-state index is 12.7. The van der Waals surface area contributed by atoms with Crippen LogP contribution >= 0.6 is 8.17 Å². The molecule has 12 heteroatoms. The summed E-state index contributed by atoms with van der Waals surface area (Å²) in [5.41, 5.74) is -1.50. The molecule has 0 spiro atoms. The SMILES string of the molecule is CN1CCCC(OC(=O)CCNC(=O)[C@@H]2O[PH](O)(OCOC(=O)C(C)(C)C)OCC2(C)C)C1. The van der Waals surface area contributed by atoms with E-state index in [-0.39, 0.29) is 31.6 Å². The Hall–Kier alpha value is -1.36. The fourth-order valence-electron chi connectivity index (χ4n) is 3.39. The van der Waals surface area contributed by atoms with E-state index in [0.717, 1.165) is 19.4 Å². The normalized spacial score (nSPS) is 26.2. The van der Waals surface area contributed by atoms with Crippen LogP contribution in [-0.2, 0) is 37.4 Å². The van der Waals surface area contributed by atoms with Gasteiger partial charge in [-0.3, -0.25) is 0 Å². The first kappa shape index (κ1) is 27.9. The van der Waals surface area contributed by atoms with Crippen LogP contribution in [0.15, 0.2) is 0 Å². The van der Waals surface area contributed by atoms with Gasteiger partial charge in [-0.1, -0.05) is 0 Å². The van der Waals surface area contributed by atoms with Gasteiger partial charge in [0.05, 0.1) is 0 Å². The molecule has 0 aromatic rings. The molecule has 0 aromatic heterocycles. The Balaban J connectivity index is 1.81. The monoisotopic (exact) mass is 494 g/mol. The molecule has 11 nitrogen and oxygen atoms in total. The van der Waals surface area contributed by atoms with E-state index >= 15 is 0 Å². The van der Waals surface area contributed by atoms with E-state index in [9.17, 15) is 19.3 Å². The van der Waals surface area contributed by atoms with Crippen LogP contribution in [0.1, 0.15) is 53.9 Å². The number of rotatable bonds is 8. The van der Waals surface area contributed by atoms with Crippen molar-refractivity contribution < 1.29 is 42.3 Å². The third-order valence-electron chi connectivity index (χ3n) is 5.39. The second kappa shape index (κ2) is 11.4. The van der Waals surface area contributed by atoms with Gasteiger partial charge in [0.1, 0.15) is 0 Å². The molecule has 2 heterocycles. The molecule has 2 saturated heterocycles. The van der Waals surface area contributed by atoms with E-state index in [1.807, 2.05) is 7.05 Å². The number of esters is 2. The second-order valence-electron chi connectivity index (χ2n) is 10.3. The second-order valence-corrected chi connectivity index (χ2v) is 12.2. The molecule has 2 fully saturated rings. The molecule has 0 aliphatic carbocycles. The molecule has 33 heavy (non-hydrogen) atoms. The summed E-state index contributed by atoms with van der Waals surface area (Å²) >= 11 is 0. The minimum absolute atomic E-state index is 0.00172. The van der Waals surface area contributed by atoms with Gasteiger partial charge in [0, 0.05) is 0 Å². The molecular weight excluding hydrogens is 455 g/mol. The topological polar surface area (TPSA) is 133 Å². The molecular formula is C21H39N2O9P. The summed E-state index contributed by atoms with van der Waals surface area (Å²) in [7, 11) is -2.22. The molecule has 0 saturated carbocycles. The maximum atomic E-state index is 12.7. The first-order valence-corrected chi connectivity index (χ1v) is 12.9. The van der Waals surface area contributed by atoms with Crippen molar-refractivity contribution in [2.24, 2.45) is 10.8 Å². The molecule has 2 aliphatic rings. The van der Waals surface area contributed by atoms with Gasteiger partial charge in [-0.15, -0.1) is 0 Å². The molecule has 0 aromatic carbocycles. The predicted molar refractivity (Wildman–Crippen MR) is 121 cm³/mol. The Labute approximate surface area is 196 Å². The Morgan fingerprint density at radius 1 is 1.27 bits per heavy atom. The molecule has 1 amide bonds. The number of carbonyl (C=O) groups excluding carboxylic acids is 3. The molecule has 2 atom stereocenters. The number of likely N-dealkylation sites (tertiary alicyclic amines) is 1. The average Bonchev–Trinajstić information content (AvgIpc) is 2.69. The quantitative estimate of drug-likeness (QED) is 0.291. The summed E-state index contributed by atoms with van der Waals surface area (Å²) in [6.07, 6.45) is 0.628. The summed E-state index contributed by atoms with van der Waals surface area (Å²) in [6.45, 7) is 9.75. The van der Waals surface area contributed by atoms with Crippen molar-refractivity contribution in [3.63, 3.8) is 0 Å². The van der Waals surface area contributed by atoms with Gasteiger partial charge in [0.25, 0.3) is 0 Å². The van der Waals surface area contributed by atoms with Crippen LogP contribution in [0.2, 0.25) is 0 Å². The van der Waals surface area contributed by atoms with Crippen molar-refractivity contribution in [3.8, 4) is 0 Å². The Kier molecular flexibility index (Phi) is 9.61. The van der Waals surface area contributed by atoms with Crippen LogP contribution in [0, 0.1) is 10.8 Å². The fourth-order valence-corrected chi connectivity index (χ4v) is 5.10. The number of hydrogen-bond acceptors (Lipinski definition) is 10. The summed E-state index contributed by atoms with van der Waals surface area (Å²) in [6, 6.07) is 0. The zero-order valence-electron chi connectivity index (χ0n) is 20.5. The van der Waals surface area contributed by atoms with E-state index in [0.29, 0.717) is 6.54 Å². The summed E-state index contributed by atoms with van der Waals surface area (Å²) in [4.78, 5) is 49.4. The van der Waals surface area contributed by atoms with Crippen LogP contribution in [0.4, 0.5) is 0 Å². The summed E-state index contributed by atoms with van der Waals surface area (Å²) in [5, 5.41) is 2.66. The van der Waals surface area contributed by atoms with Crippen LogP contribution < -0.4 is 5.32 Å². The predicted octanol–water partition coefficient (Wildman–Crippen LogP) is 1.54. The average molecular weight is 495 g/mol. The van der Waals surface area contributed by atoms with E-state index < -0.39 is 43.8 Å². The van der Waals surface area contributed by atoms with Crippen LogP contribution in [0.3, 0.4) is 0 Å². The van der Waals surface area contributed by atoms with Crippen LogP contribution in [0.5, 0.6) is 0 Å². The molecule has 192 valence electrons. The fraction of sp³-hybridized carbons (Fsp3) is 0.857. The van der Waals surface area contributed by atoms with Crippen LogP contribution in [-0.4, -0.2) is 79.9 Å². The number of nitrogens with one attached hydrogen (secondary N) is 1. The van der Waals surface area contributed by atoms with Crippen molar-refractivity contribution in [2.75, 3.05) is 40.1 Å². The minimum atomic E-state index is -4.21. The third kappa shape index (κ3) is 8.73. The standard InChI is InChI=1S/C21H39N2O9P/c1-20(2,3)19(26)28-14-30-33(27)29-13-21(4,5)17(32-33)18(25)22-10-9-16(24)31-15-8-7-11-23(6)12-15/h15,17,27,33H,7-14H2,1-6H3,(H,22,25)/t15?,17-/m0/s1. The number of likely N-dealkylation sites (N-methyl/N-ethyl adjacent to an activating group) is 1. The number of piperidine rings is 1. The van der Waals surface area contributed by atoms with E-state index in [1.54, 1.807) is 34.6 Å². The Morgan fingerprint density at radius 2 is 1.97 bits per heavy atom. The first-order valence-electron chi connectivity index (χ1n) is 11.2. The van der Waals surface area contributed by atoms with Gasteiger partial charge in [0.2, 0.25) is 0 Å². The van der Waals surface area contributed by atoms with E-state index in [2.05, 4.69) is 10.2 Å². The van der Waals surface area contributed by atoms with E-state index in [1.165, 1.54) is 0 Å². The molecule has 2 N–H and O–H groups in total. The van der Waals surface area contributed by atoms with Gasteiger partial charge in [-0.25, -0.2) is 0 Å². The zero-order chi connectivity index (χ0) is 24.9. The number of ether oxygens (including phenoxy) is 2. The van der Waals surface area contributed by atoms with Crippen LogP contribution in [0.25, 0.3) is 0 Å². The molecule has 0 bridgehead atoms. The molecule has 2 rings (SSSR count). The van der Waals surface area contributed by atoms with E-state index in [4.69, 9.17) is 23.0 Å². The number of hydrogen-bond donors (Lipinski definition) is 2. The number of amides is 1. The van der Waals surface area contributed by atoms with Gasteiger partial charge in [-0.05, 0) is 0 Å². The van der Waals surface area contributed by atoms with Crippen molar-refractivity contribution in [2.45, 2.75) is 66.1 Å². The zero-order valence-corrected chi connectivity index (χ0v) is 21.5. The van der Waals surface area contributed by atoms with Gasteiger partial charge in [-0.2, -0.15) is 0 Å². The van der Waals surface area contributed by atoms with Gasteiger partial charge in [0.15, 0.2) is 0 Å². The number of carbonyl (C=O) groups is 3. The van der Waals surface area contributed by atoms with Crippen molar-refractivity contribution >= 4 is 26.0 Å². The number of nitrogens with zero attached hydrogens (tertiary/aromatic N) is 1. The van der Waals surface area contributed by atoms with Crippen molar-refractivity contribution in [1.82, 2.24) is 10.2 Å². The Morgan fingerprint density at radius 3 is 2.61 bits per heavy atom. The molecule has 2 aliphatic heterocycles. The Bertz CT molecular complexity index is 712. The third-order valence-corrected chi connectivity index (χ3v) is 6.92. The van der Waals surface area contributed by atoms with Crippen molar-refractivity contribution in [3.05, 3.63) is 0 Å². The van der Waals surface area contributed by atoms with Crippen molar-refractivity contribution in [1.29, 1.82) is 0 Å². The summed E-state index contributed by atoms with van der Waals surface area (Å²) in [5.74, 6) is -1.40. The first-order chi connectivity index (χ1) is 15.2. The molecule has 0 radical (unpaired) electrons. The van der Waals surface area contributed by atoms with Gasteiger partial charge < -0.3 is 0 Å².